The zero-order chi connectivity index (χ0) is 16.5. The van der Waals surface area contributed by atoms with Crippen molar-refractivity contribution in [1.29, 1.82) is 0 Å². The Balaban J connectivity index is 2.62. The van der Waals surface area contributed by atoms with Crippen LogP contribution in [0.3, 0.4) is 0 Å². The van der Waals surface area contributed by atoms with Crippen LogP contribution in [0.5, 0.6) is 0 Å². The van der Waals surface area contributed by atoms with Crippen molar-refractivity contribution >= 4 is 23.3 Å². The number of nitro benzene ring substituents is 1. The molecule has 0 radical (unpaired) electrons. The van der Waals surface area contributed by atoms with Gasteiger partial charge in [-0.2, -0.15) is 0 Å². The molecule has 22 heavy (non-hydrogen) atoms. The lowest BCUT2D eigenvalue weighted by Gasteiger charge is -2.12. The second-order valence-corrected chi connectivity index (χ2v) is 4.26. The van der Waals surface area contributed by atoms with Crippen molar-refractivity contribution in [1.82, 2.24) is 0 Å². The molecule has 1 atom stereocenters. The van der Waals surface area contributed by atoms with Crippen LogP contribution in [0.15, 0.2) is 48.6 Å². The van der Waals surface area contributed by atoms with E-state index in [0.717, 1.165) is 0 Å². The van der Waals surface area contributed by atoms with Gasteiger partial charge in [0.25, 0.3) is 11.6 Å². The van der Waals surface area contributed by atoms with Crippen LogP contribution < -0.4 is 5.32 Å². The van der Waals surface area contributed by atoms with E-state index >= 15 is 0 Å². The van der Waals surface area contributed by atoms with Gasteiger partial charge in [0.2, 0.25) is 0 Å². The Hall–Kier alpha value is -2.96. The van der Waals surface area contributed by atoms with Gasteiger partial charge in [-0.05, 0) is 19.9 Å². The summed E-state index contributed by atoms with van der Waals surface area (Å²) in [5.74, 6) is -1.23. The van der Waals surface area contributed by atoms with E-state index in [0.29, 0.717) is 0 Å². The highest BCUT2D eigenvalue weighted by molar-refractivity contribution is 5.96. The molecule has 0 saturated carbocycles. The Labute approximate surface area is 127 Å². The average molecular weight is 304 g/mol. The predicted molar refractivity (Wildman–Crippen MR) is 81.2 cm³/mol. The van der Waals surface area contributed by atoms with E-state index in [1.807, 2.05) is 0 Å². The van der Waals surface area contributed by atoms with Gasteiger partial charge in [0.1, 0.15) is 0 Å². The number of benzene rings is 1. The molecule has 7 nitrogen and oxygen atoms in total. The lowest BCUT2D eigenvalue weighted by atomic mass is 10.2. The van der Waals surface area contributed by atoms with Crippen molar-refractivity contribution in [3.05, 3.63) is 58.7 Å². The van der Waals surface area contributed by atoms with Crippen LogP contribution >= 0.6 is 0 Å². The highest BCUT2D eigenvalue weighted by Gasteiger charge is 2.17. The van der Waals surface area contributed by atoms with Crippen LogP contribution in [-0.2, 0) is 14.3 Å². The van der Waals surface area contributed by atoms with Crippen molar-refractivity contribution in [2.45, 2.75) is 20.0 Å². The first-order valence-electron chi connectivity index (χ1n) is 6.49. The number of nitro groups is 1. The Bertz CT molecular complexity index is 622. The highest BCUT2D eigenvalue weighted by atomic mass is 16.6. The molecule has 116 valence electrons. The van der Waals surface area contributed by atoms with E-state index in [4.69, 9.17) is 4.74 Å². The summed E-state index contributed by atoms with van der Waals surface area (Å²) in [6.07, 6.45) is 5.05. The van der Waals surface area contributed by atoms with E-state index in [1.54, 1.807) is 19.1 Å². The molecule has 1 amide bonds. The first kappa shape index (κ1) is 17.1. The van der Waals surface area contributed by atoms with Gasteiger partial charge in [0.05, 0.1) is 4.92 Å². The molecular formula is C15H16N2O5. The third-order valence-electron chi connectivity index (χ3n) is 2.52. The molecule has 0 aliphatic carbocycles. The lowest BCUT2D eigenvalue weighted by molar-refractivity contribution is -0.384. The number of amides is 1. The summed E-state index contributed by atoms with van der Waals surface area (Å²) in [4.78, 5) is 33.4. The highest BCUT2D eigenvalue weighted by Crippen LogP contribution is 2.17. The van der Waals surface area contributed by atoms with Crippen LogP contribution in [0.2, 0.25) is 0 Å². The van der Waals surface area contributed by atoms with Gasteiger partial charge in [-0.1, -0.05) is 24.3 Å². The second kappa shape index (κ2) is 8.35. The van der Waals surface area contributed by atoms with E-state index in [2.05, 4.69) is 5.32 Å². The van der Waals surface area contributed by atoms with Crippen molar-refractivity contribution in [2.75, 3.05) is 5.32 Å². The Kier molecular flexibility index (Phi) is 6.49. The van der Waals surface area contributed by atoms with Crippen LogP contribution in [0.1, 0.15) is 13.8 Å². The average Bonchev–Trinajstić information content (AvgIpc) is 2.47. The van der Waals surface area contributed by atoms with Gasteiger partial charge < -0.3 is 10.1 Å². The zero-order valence-electron chi connectivity index (χ0n) is 12.2. The SMILES string of the molecule is C/C=C/C=C/C(=O)OC(C)C(=O)Nc1cccc([N+](=O)[O-])c1. The first-order chi connectivity index (χ1) is 10.4. The molecule has 0 fully saturated rings. The molecule has 0 bridgehead atoms. The third kappa shape index (κ3) is 5.58. The molecule has 0 spiro atoms. The van der Waals surface area contributed by atoms with E-state index in [-0.39, 0.29) is 11.4 Å². The van der Waals surface area contributed by atoms with Crippen molar-refractivity contribution in [2.24, 2.45) is 0 Å². The smallest absolute Gasteiger partial charge is 0.331 e. The van der Waals surface area contributed by atoms with Gasteiger partial charge in [0.15, 0.2) is 6.10 Å². The standard InChI is InChI=1S/C15H16N2O5/c1-3-4-5-9-14(18)22-11(2)15(19)16-12-7-6-8-13(10-12)17(20)21/h3-11H,1-2H3,(H,16,19)/b4-3+,9-5+. The number of ether oxygens (including phenoxy) is 1. The fourth-order valence-electron chi connectivity index (χ4n) is 1.45. The Morgan fingerprint density at radius 3 is 2.73 bits per heavy atom. The van der Waals surface area contributed by atoms with E-state index in [9.17, 15) is 19.7 Å². The zero-order valence-corrected chi connectivity index (χ0v) is 12.2. The fourth-order valence-corrected chi connectivity index (χ4v) is 1.45. The number of nitrogens with one attached hydrogen (secondary N) is 1. The van der Waals surface area contributed by atoms with Crippen molar-refractivity contribution in [3.8, 4) is 0 Å². The van der Waals surface area contributed by atoms with Crippen molar-refractivity contribution in [3.63, 3.8) is 0 Å². The maximum atomic E-state index is 11.9. The molecular weight excluding hydrogens is 288 g/mol. The molecule has 0 saturated heterocycles. The molecule has 0 heterocycles. The van der Waals surface area contributed by atoms with Crippen LogP contribution in [-0.4, -0.2) is 22.9 Å². The van der Waals surface area contributed by atoms with Gasteiger partial charge in [0, 0.05) is 23.9 Å². The van der Waals surface area contributed by atoms with Gasteiger partial charge >= 0.3 is 5.97 Å². The topological polar surface area (TPSA) is 98.5 Å². The quantitative estimate of drug-likeness (QED) is 0.286. The molecule has 0 aliphatic heterocycles. The molecule has 1 N–H and O–H groups in total. The van der Waals surface area contributed by atoms with Crippen molar-refractivity contribution < 1.29 is 19.2 Å². The number of carbonyl (C=O) groups is 2. The first-order valence-corrected chi connectivity index (χ1v) is 6.49. The molecule has 7 heteroatoms. The number of rotatable bonds is 6. The molecule has 1 rings (SSSR count). The number of allylic oxidation sites excluding steroid dienone is 3. The summed E-state index contributed by atoms with van der Waals surface area (Å²) in [6.45, 7) is 3.21. The van der Waals surface area contributed by atoms with Gasteiger partial charge in [-0.25, -0.2) is 4.79 Å². The fraction of sp³-hybridized carbons (Fsp3) is 0.200. The molecule has 0 aliphatic rings. The van der Waals surface area contributed by atoms with Gasteiger partial charge in [-0.3, -0.25) is 14.9 Å². The third-order valence-corrected chi connectivity index (χ3v) is 2.52. The number of anilines is 1. The summed E-state index contributed by atoms with van der Waals surface area (Å²) in [6, 6.07) is 5.49. The summed E-state index contributed by atoms with van der Waals surface area (Å²) >= 11 is 0. The summed E-state index contributed by atoms with van der Waals surface area (Å²) < 4.78 is 4.90. The van der Waals surface area contributed by atoms with Gasteiger partial charge in [-0.15, -0.1) is 0 Å². The maximum absolute atomic E-state index is 11.9. The van der Waals surface area contributed by atoms with Crippen LogP contribution in [0, 0.1) is 10.1 Å². The lowest BCUT2D eigenvalue weighted by Crippen LogP contribution is -2.29. The number of nitrogens with zero attached hydrogens (tertiary/aromatic N) is 1. The number of non-ortho nitro benzene ring substituents is 1. The number of carbonyl (C=O) groups excluding carboxylic acids is 2. The minimum Gasteiger partial charge on any atom is -0.449 e. The summed E-state index contributed by atoms with van der Waals surface area (Å²) in [5.41, 5.74) is 0.114. The van der Waals surface area contributed by atoms with E-state index < -0.39 is 22.9 Å². The minimum atomic E-state index is -1.03. The summed E-state index contributed by atoms with van der Waals surface area (Å²) in [7, 11) is 0. The predicted octanol–water partition coefficient (Wildman–Crippen LogP) is 2.60. The molecule has 1 unspecified atom stereocenters. The Morgan fingerprint density at radius 2 is 2.09 bits per heavy atom. The monoisotopic (exact) mass is 304 g/mol. The largest absolute Gasteiger partial charge is 0.449 e. The number of esters is 1. The van der Waals surface area contributed by atoms with Crippen LogP contribution in [0.25, 0.3) is 0 Å². The van der Waals surface area contributed by atoms with Crippen LogP contribution in [0.4, 0.5) is 11.4 Å². The maximum Gasteiger partial charge on any atom is 0.331 e. The normalized spacial score (nSPS) is 12.3. The second-order valence-electron chi connectivity index (χ2n) is 4.26. The minimum absolute atomic E-state index is 0.142. The van der Waals surface area contributed by atoms with E-state index in [1.165, 1.54) is 43.3 Å². The molecule has 1 aromatic carbocycles. The Morgan fingerprint density at radius 1 is 1.36 bits per heavy atom. The number of hydrogen-bond acceptors (Lipinski definition) is 5. The summed E-state index contributed by atoms with van der Waals surface area (Å²) in [5, 5.41) is 13.1. The number of hydrogen-bond donors (Lipinski definition) is 1. The molecule has 1 aromatic rings. The molecule has 0 aromatic heterocycles.